The standard InChI is InChI=1S/3C10H21O2S.Al/c3*1-5-7-8-10(6-2)9(3)13(4,11)12;/h3*9-10H,3,5-8H2,1-2,4H3;. The Morgan fingerprint density at radius 2 is 0.675 bits per heavy atom. The van der Waals surface area contributed by atoms with Gasteiger partial charge in [-0.05, 0) is 37.0 Å². The van der Waals surface area contributed by atoms with E-state index in [4.69, 9.17) is 0 Å². The van der Waals surface area contributed by atoms with Gasteiger partial charge in [0.15, 0.2) is 0 Å². The van der Waals surface area contributed by atoms with E-state index in [1.165, 1.54) is 18.8 Å². The Kier molecular flexibility index (Phi) is 19.8. The largest absolute Gasteiger partial charge is 0.266 e. The van der Waals surface area contributed by atoms with Gasteiger partial charge in [-0.15, -0.1) is 0 Å². The minimum atomic E-state index is -3.39. The summed E-state index contributed by atoms with van der Waals surface area (Å²) in [5, 5.41) is -0.207. The zero-order chi connectivity index (χ0) is 31.1. The van der Waals surface area contributed by atoms with Gasteiger partial charge in [-0.3, -0.25) is 0 Å². The third kappa shape index (κ3) is 14.7. The van der Waals surface area contributed by atoms with Gasteiger partial charge in [0.1, 0.15) is 29.5 Å². The number of sulfone groups is 3. The zero-order valence-electron chi connectivity index (χ0n) is 27.3. The Balaban J connectivity index is 6.83. The van der Waals surface area contributed by atoms with Crippen LogP contribution >= 0.6 is 0 Å². The van der Waals surface area contributed by atoms with Crippen molar-refractivity contribution in [1.29, 1.82) is 0 Å². The van der Waals surface area contributed by atoms with Gasteiger partial charge >= 0.3 is 0 Å². The zero-order valence-corrected chi connectivity index (χ0v) is 30.9. The van der Waals surface area contributed by atoms with Crippen LogP contribution in [0.15, 0.2) is 0 Å². The molecule has 0 heterocycles. The van der Waals surface area contributed by atoms with Crippen molar-refractivity contribution in [3.63, 3.8) is 0 Å². The molecule has 0 aliphatic rings. The predicted octanol–water partition coefficient (Wildman–Crippen LogP) is 7.37. The van der Waals surface area contributed by atoms with Crippen LogP contribution in [0.2, 0.25) is 15.8 Å². The maximum Gasteiger partial charge on any atom is 0.266 e. The van der Waals surface area contributed by atoms with Crippen LogP contribution in [0.3, 0.4) is 0 Å². The molecule has 0 spiro atoms. The quantitative estimate of drug-likeness (QED) is 0.102. The summed E-state index contributed by atoms with van der Waals surface area (Å²) in [5.74, 6) is 0.0485. The summed E-state index contributed by atoms with van der Waals surface area (Å²) in [6.45, 7) is 12.5. The second kappa shape index (κ2) is 19.6. The smallest absolute Gasteiger partial charge is 0.229 e. The predicted molar refractivity (Wildman–Crippen MR) is 176 cm³/mol. The fourth-order valence-corrected chi connectivity index (χ4v) is 20.2. The maximum atomic E-state index is 13.2. The van der Waals surface area contributed by atoms with Gasteiger partial charge in [0, 0.05) is 18.8 Å². The van der Waals surface area contributed by atoms with Crippen LogP contribution in [-0.4, -0.2) is 73.9 Å². The molecule has 0 rings (SSSR count). The Morgan fingerprint density at radius 3 is 0.825 bits per heavy atom. The molecule has 0 aliphatic carbocycles. The van der Waals surface area contributed by atoms with Crippen molar-refractivity contribution in [1.82, 2.24) is 0 Å². The van der Waals surface area contributed by atoms with Gasteiger partial charge in [0.2, 0.25) is 0 Å². The molecule has 0 aromatic carbocycles. The lowest BCUT2D eigenvalue weighted by Crippen LogP contribution is -2.42. The molecule has 0 bridgehead atoms. The average Bonchev–Trinajstić information content (AvgIpc) is 2.85. The third-order valence-electron chi connectivity index (χ3n) is 9.28. The van der Waals surface area contributed by atoms with Crippen molar-refractivity contribution in [2.45, 2.75) is 150 Å². The fraction of sp³-hybridized carbons (Fsp3) is 1.00. The van der Waals surface area contributed by atoms with Crippen LogP contribution in [-0.2, 0) is 29.5 Å². The molecular formula is C30H63AlO6S3. The Morgan fingerprint density at radius 1 is 0.450 bits per heavy atom. The first-order valence-electron chi connectivity index (χ1n) is 16.1. The first-order chi connectivity index (χ1) is 18.5. The molecule has 10 heteroatoms. The molecule has 0 radical (unpaired) electrons. The maximum absolute atomic E-state index is 13.2. The van der Waals surface area contributed by atoms with Gasteiger partial charge in [-0.1, -0.05) is 115 Å². The summed E-state index contributed by atoms with van der Waals surface area (Å²) in [7, 11) is -10.2. The summed E-state index contributed by atoms with van der Waals surface area (Å²) in [6.07, 6.45) is 14.6. The summed E-state index contributed by atoms with van der Waals surface area (Å²) < 4.78 is 79.5. The molecule has 0 saturated heterocycles. The highest BCUT2D eigenvalue weighted by atomic mass is 32.2. The van der Waals surface area contributed by atoms with Gasteiger partial charge in [-0.2, -0.15) is 0 Å². The number of unbranched alkanes of at least 4 members (excludes halogenated alkanes) is 3. The highest BCUT2D eigenvalue weighted by molar-refractivity contribution is 7.92. The van der Waals surface area contributed by atoms with Gasteiger partial charge in [0.05, 0.1) is 15.7 Å². The van der Waals surface area contributed by atoms with E-state index in [1.54, 1.807) is 0 Å². The molecule has 240 valence electrons. The molecule has 6 atom stereocenters. The second-order valence-corrected chi connectivity index (χ2v) is 22.5. The average molecular weight is 643 g/mol. The van der Waals surface area contributed by atoms with Crippen LogP contribution in [0.25, 0.3) is 0 Å². The van der Waals surface area contributed by atoms with Gasteiger partial charge in [0.25, 0.3) is 14.1 Å². The highest BCUT2D eigenvalue weighted by Gasteiger charge is 2.42. The van der Waals surface area contributed by atoms with E-state index in [-0.39, 0.29) is 17.8 Å². The van der Waals surface area contributed by atoms with Crippen LogP contribution in [0.4, 0.5) is 0 Å². The van der Waals surface area contributed by atoms with E-state index in [9.17, 15) is 25.3 Å². The van der Waals surface area contributed by atoms with E-state index in [0.717, 1.165) is 77.0 Å². The Labute approximate surface area is 254 Å². The van der Waals surface area contributed by atoms with Gasteiger partial charge in [-0.25, -0.2) is 25.3 Å². The highest BCUT2D eigenvalue weighted by Crippen LogP contribution is 2.35. The molecule has 0 aliphatic heterocycles. The number of hydrogen-bond acceptors (Lipinski definition) is 6. The second-order valence-electron chi connectivity index (χ2n) is 12.6. The summed E-state index contributed by atoms with van der Waals surface area (Å²) in [5.41, 5.74) is 0. The first kappa shape index (κ1) is 40.4. The molecule has 0 N–H and O–H groups in total. The first-order valence-corrected chi connectivity index (χ1v) is 24.4. The summed E-state index contributed by atoms with van der Waals surface area (Å²) in [4.78, 5) is 0. The van der Waals surface area contributed by atoms with E-state index < -0.39 is 59.4 Å². The van der Waals surface area contributed by atoms with E-state index in [2.05, 4.69) is 20.8 Å². The van der Waals surface area contributed by atoms with Crippen molar-refractivity contribution < 1.29 is 25.3 Å². The summed E-state index contributed by atoms with van der Waals surface area (Å²) >= 11 is -2.16. The molecule has 0 aromatic rings. The van der Waals surface area contributed by atoms with Crippen molar-refractivity contribution >= 4 is 43.7 Å². The van der Waals surface area contributed by atoms with Crippen molar-refractivity contribution in [3.8, 4) is 0 Å². The van der Waals surface area contributed by atoms with Crippen molar-refractivity contribution in [3.05, 3.63) is 0 Å². The normalized spacial score (nSPS) is 17.6. The monoisotopic (exact) mass is 642 g/mol. The van der Waals surface area contributed by atoms with Crippen LogP contribution in [0, 0.1) is 17.8 Å². The fourth-order valence-electron chi connectivity index (χ4n) is 6.78. The van der Waals surface area contributed by atoms with Crippen molar-refractivity contribution in [2.75, 3.05) is 18.8 Å². The SMILES string of the molecule is CCCCC(CC)C([CH2][Al]([CH2]C(C(CC)CCCC)S(C)(=O)=O)[CH2]C(C(CC)CCCC)S(C)(=O)=O)S(C)(=O)=O. The third-order valence-corrected chi connectivity index (χ3v) is 18.9. The lowest BCUT2D eigenvalue weighted by Gasteiger charge is -2.33. The molecular weight excluding hydrogens is 580 g/mol. The molecule has 40 heavy (non-hydrogen) atoms. The lowest BCUT2D eigenvalue weighted by molar-refractivity contribution is 0.418. The molecule has 6 nitrogen and oxygen atoms in total. The number of rotatable bonds is 24. The van der Waals surface area contributed by atoms with E-state index in [0.29, 0.717) is 15.8 Å². The van der Waals surface area contributed by atoms with E-state index >= 15 is 0 Å². The van der Waals surface area contributed by atoms with Crippen LogP contribution < -0.4 is 0 Å². The molecule has 0 saturated carbocycles. The van der Waals surface area contributed by atoms with Crippen LogP contribution in [0.5, 0.6) is 0 Å². The topological polar surface area (TPSA) is 102 Å². The Hall–Kier alpha value is 0.382. The number of hydrogen-bond donors (Lipinski definition) is 0. The minimum absolute atomic E-state index is 0.0162. The summed E-state index contributed by atoms with van der Waals surface area (Å²) in [6, 6.07) is 0. The minimum Gasteiger partial charge on any atom is -0.229 e. The Bertz CT molecular complexity index is 866. The van der Waals surface area contributed by atoms with Crippen LogP contribution in [0.1, 0.15) is 119 Å². The molecule has 6 unspecified atom stereocenters. The molecule has 0 fully saturated rings. The molecule has 0 amide bonds. The lowest BCUT2D eigenvalue weighted by atomic mass is 9.96. The van der Waals surface area contributed by atoms with E-state index in [1.807, 2.05) is 20.8 Å². The van der Waals surface area contributed by atoms with Crippen molar-refractivity contribution in [2.24, 2.45) is 17.8 Å². The van der Waals surface area contributed by atoms with Gasteiger partial charge < -0.3 is 0 Å². The molecule has 0 aromatic heterocycles.